The van der Waals surface area contributed by atoms with Crippen LogP contribution in [0.3, 0.4) is 0 Å². The number of aryl methyl sites for hydroxylation is 1. The van der Waals surface area contributed by atoms with Crippen LogP contribution in [0.2, 0.25) is 0 Å². The molecule has 1 fully saturated rings. The first-order chi connectivity index (χ1) is 16.4. The number of amidine groups is 1. The minimum Gasteiger partial charge on any atom is -0.496 e. The smallest absolute Gasteiger partial charge is 0.293 e. The van der Waals surface area contributed by atoms with Crippen molar-refractivity contribution in [2.75, 3.05) is 19.0 Å². The molecule has 34 heavy (non-hydrogen) atoms. The van der Waals surface area contributed by atoms with Gasteiger partial charge in [-0.1, -0.05) is 17.7 Å². The van der Waals surface area contributed by atoms with Crippen LogP contribution in [0, 0.1) is 6.92 Å². The minimum absolute atomic E-state index is 0.175. The van der Waals surface area contributed by atoms with Crippen molar-refractivity contribution in [3.63, 3.8) is 0 Å². The van der Waals surface area contributed by atoms with Crippen molar-refractivity contribution in [2.45, 2.75) is 19.8 Å². The normalized spacial score (nSPS) is 16.6. The number of nitrogens with zero attached hydrogens (tertiary/aromatic N) is 2. The zero-order valence-corrected chi connectivity index (χ0v) is 19.6. The van der Waals surface area contributed by atoms with Gasteiger partial charge in [0.05, 0.1) is 12.0 Å². The van der Waals surface area contributed by atoms with Crippen LogP contribution < -0.4 is 26.5 Å². The zero-order chi connectivity index (χ0) is 24.1. The third-order valence-electron chi connectivity index (χ3n) is 5.23. The molecule has 3 amide bonds. The number of ether oxygens (including phenoxy) is 1. The highest BCUT2D eigenvalue weighted by molar-refractivity contribution is 8.18. The van der Waals surface area contributed by atoms with Gasteiger partial charge in [-0.2, -0.15) is 0 Å². The Morgan fingerprint density at radius 3 is 2.74 bits per heavy atom. The van der Waals surface area contributed by atoms with E-state index in [9.17, 15) is 14.4 Å². The number of carbonyl (C=O) groups excluding carboxylic acids is 3. The van der Waals surface area contributed by atoms with Crippen molar-refractivity contribution in [2.24, 2.45) is 5.10 Å². The lowest BCUT2D eigenvalue weighted by molar-refractivity contribution is -0.713. The van der Waals surface area contributed by atoms with E-state index in [1.807, 2.05) is 37.3 Å². The van der Waals surface area contributed by atoms with Gasteiger partial charge in [-0.25, -0.2) is 0 Å². The van der Waals surface area contributed by atoms with Crippen molar-refractivity contribution < 1.29 is 24.7 Å². The van der Waals surface area contributed by atoms with E-state index in [-0.39, 0.29) is 30.0 Å². The second kappa shape index (κ2) is 10.5. The van der Waals surface area contributed by atoms with Gasteiger partial charge in [0.15, 0.2) is 0 Å². The maximum atomic E-state index is 12.7. The van der Waals surface area contributed by atoms with Gasteiger partial charge >= 0.3 is 0 Å². The largest absolute Gasteiger partial charge is 0.496 e. The Balaban J connectivity index is 1.29. The molecule has 0 saturated carbocycles. The molecule has 0 radical (unpaired) electrons. The first kappa shape index (κ1) is 23.5. The van der Waals surface area contributed by atoms with Gasteiger partial charge < -0.3 is 10.1 Å². The molecule has 0 unspecified atom stereocenters. The molecule has 2 aliphatic rings. The third kappa shape index (κ3) is 5.45. The monoisotopic (exact) mass is 481 g/mol. The first-order valence-electron chi connectivity index (χ1n) is 10.7. The van der Waals surface area contributed by atoms with Gasteiger partial charge in [0.25, 0.3) is 11.1 Å². The van der Waals surface area contributed by atoms with Crippen molar-refractivity contribution in [1.82, 2.24) is 15.9 Å². The van der Waals surface area contributed by atoms with Crippen molar-refractivity contribution >= 4 is 46.4 Å². The Morgan fingerprint density at radius 2 is 2.03 bits per heavy atom. The fraction of sp³-hybridized carbons (Fsp3) is 0.217. The summed E-state index contributed by atoms with van der Waals surface area (Å²) in [7, 11) is 1.56. The predicted molar refractivity (Wildman–Crippen MR) is 129 cm³/mol. The van der Waals surface area contributed by atoms with Crippen LogP contribution in [-0.2, 0) is 9.59 Å². The molecule has 11 heteroatoms. The number of amides is 3. The fourth-order valence-electron chi connectivity index (χ4n) is 3.48. The van der Waals surface area contributed by atoms with Crippen molar-refractivity contribution in [3.8, 4) is 5.75 Å². The van der Waals surface area contributed by atoms with Crippen LogP contribution in [0.4, 0.5) is 10.5 Å². The number of quaternary nitrogens is 1. The summed E-state index contributed by atoms with van der Waals surface area (Å²) in [6.07, 6.45) is 2.22. The number of hydrazine groups is 1. The number of nitrogens with one attached hydrogen (secondary N) is 3. The molecule has 2 aliphatic heterocycles. The second-order valence-corrected chi connectivity index (χ2v) is 8.68. The molecular weight excluding hydrogens is 456 g/mol. The van der Waals surface area contributed by atoms with E-state index >= 15 is 0 Å². The summed E-state index contributed by atoms with van der Waals surface area (Å²) in [6.45, 7) is 2.12. The van der Waals surface area contributed by atoms with Gasteiger partial charge in [0, 0.05) is 29.8 Å². The molecule has 0 atom stereocenters. The molecule has 0 spiro atoms. The van der Waals surface area contributed by atoms with Crippen LogP contribution in [0.1, 0.15) is 29.5 Å². The quantitative estimate of drug-likeness (QED) is 0.334. The Hall–Kier alpha value is -3.67. The van der Waals surface area contributed by atoms with E-state index in [0.29, 0.717) is 28.6 Å². The van der Waals surface area contributed by atoms with Crippen LogP contribution in [-0.4, -0.2) is 41.4 Å². The number of rotatable bonds is 8. The standard InChI is InChI=1S/C23H24N6O4S/c1-14-5-6-16(18(12-14)33-2)13-19-22(31)29(23(32)34-19)11-3-4-20(30)24-17-9-7-15(8-10-17)21-25-27-28-26-21/h5-10,12-13,27-28H,3-4,11H2,1-2H3,(H,24,30)(H,25,26)/p+1/b19-13-. The molecule has 0 aliphatic carbocycles. The Labute approximate surface area is 200 Å². The number of carbonyl (C=O) groups is 3. The topological polar surface area (TPSA) is 129 Å². The molecule has 2 heterocycles. The number of thioether (sulfide) groups is 1. The highest BCUT2D eigenvalue weighted by atomic mass is 32.2. The molecule has 1 saturated heterocycles. The van der Waals surface area contributed by atoms with Crippen molar-refractivity contribution in [1.29, 1.82) is 0 Å². The predicted octanol–water partition coefficient (Wildman–Crippen LogP) is 1.71. The average molecular weight is 482 g/mol. The number of imide groups is 1. The maximum Gasteiger partial charge on any atom is 0.293 e. The SMILES string of the molecule is COc1cc(C)ccc1/C=C1\SC(=O)N(CCCC(=O)Nc2ccc(C3=N[NH2+]NN3)cc2)C1=O. The Kier molecular flexibility index (Phi) is 7.26. The summed E-state index contributed by atoms with van der Waals surface area (Å²) in [5.41, 5.74) is 10.5. The van der Waals surface area contributed by atoms with E-state index in [4.69, 9.17) is 4.74 Å². The average Bonchev–Trinajstić information content (AvgIpc) is 3.45. The van der Waals surface area contributed by atoms with E-state index in [0.717, 1.165) is 28.5 Å². The van der Waals surface area contributed by atoms with Crippen LogP contribution >= 0.6 is 11.8 Å². The third-order valence-corrected chi connectivity index (χ3v) is 6.13. The molecule has 4 rings (SSSR count). The summed E-state index contributed by atoms with van der Waals surface area (Å²) in [6, 6.07) is 12.9. The summed E-state index contributed by atoms with van der Waals surface area (Å²) in [4.78, 5) is 39.0. The van der Waals surface area contributed by atoms with Gasteiger partial charge in [0.2, 0.25) is 11.7 Å². The fourth-order valence-corrected chi connectivity index (χ4v) is 4.34. The highest BCUT2D eigenvalue weighted by Gasteiger charge is 2.34. The number of benzene rings is 2. The van der Waals surface area contributed by atoms with Gasteiger partial charge in [-0.3, -0.25) is 24.7 Å². The van der Waals surface area contributed by atoms with Crippen molar-refractivity contribution in [3.05, 3.63) is 64.1 Å². The Morgan fingerprint density at radius 1 is 1.24 bits per heavy atom. The summed E-state index contributed by atoms with van der Waals surface area (Å²) in [5, 5.41) is 6.62. The molecular formula is C23H25N6O4S+. The number of anilines is 1. The number of hydrogen-bond donors (Lipinski definition) is 4. The minimum atomic E-state index is -0.358. The van der Waals surface area contributed by atoms with Crippen LogP contribution in [0.5, 0.6) is 5.75 Å². The van der Waals surface area contributed by atoms with Gasteiger partial charge in [0.1, 0.15) is 5.75 Å². The summed E-state index contributed by atoms with van der Waals surface area (Å²) in [5.74, 6) is 0.790. The van der Waals surface area contributed by atoms with Crippen LogP contribution in [0.15, 0.2) is 52.5 Å². The summed E-state index contributed by atoms with van der Waals surface area (Å²) < 4.78 is 5.38. The first-order valence-corrected chi connectivity index (χ1v) is 11.5. The lowest BCUT2D eigenvalue weighted by atomic mass is 10.1. The highest BCUT2D eigenvalue weighted by Crippen LogP contribution is 2.34. The molecule has 2 aromatic carbocycles. The lowest BCUT2D eigenvalue weighted by Gasteiger charge is -2.12. The number of hydrogen-bond acceptors (Lipinski definition) is 8. The molecule has 0 aromatic heterocycles. The molecule has 2 aromatic rings. The van der Waals surface area contributed by atoms with E-state index in [2.05, 4.69) is 21.4 Å². The molecule has 0 bridgehead atoms. The number of nitrogens with two attached hydrogens (primary N) is 1. The lowest BCUT2D eigenvalue weighted by Crippen LogP contribution is -2.87. The molecule has 176 valence electrons. The second-order valence-electron chi connectivity index (χ2n) is 7.68. The van der Waals surface area contributed by atoms with E-state index < -0.39 is 0 Å². The van der Waals surface area contributed by atoms with E-state index in [1.165, 1.54) is 4.90 Å². The van der Waals surface area contributed by atoms with Gasteiger partial charge in [-0.05, 0) is 72.2 Å². The van der Waals surface area contributed by atoms with Gasteiger partial charge in [-0.15, -0.1) is 5.53 Å². The van der Waals surface area contributed by atoms with Crippen LogP contribution in [0.25, 0.3) is 6.08 Å². The molecule has 5 N–H and O–H groups in total. The Bertz CT molecular complexity index is 1180. The zero-order valence-electron chi connectivity index (χ0n) is 18.8. The molecule has 10 nitrogen and oxygen atoms in total. The summed E-state index contributed by atoms with van der Waals surface area (Å²) >= 11 is 0.894. The number of methoxy groups -OCH3 is 1. The van der Waals surface area contributed by atoms with E-state index in [1.54, 1.807) is 30.9 Å². The maximum absolute atomic E-state index is 12.7.